The maximum absolute atomic E-state index is 12.2. The predicted molar refractivity (Wildman–Crippen MR) is 83.2 cm³/mol. The van der Waals surface area contributed by atoms with E-state index >= 15 is 0 Å². The Balaban J connectivity index is 2.26. The van der Waals surface area contributed by atoms with Crippen LogP contribution >= 0.6 is 23.2 Å². The van der Waals surface area contributed by atoms with Gasteiger partial charge in [-0.3, -0.25) is 9.59 Å². The number of amides is 1. The van der Waals surface area contributed by atoms with Crippen molar-refractivity contribution in [2.24, 2.45) is 0 Å². The van der Waals surface area contributed by atoms with E-state index < -0.39 is 5.91 Å². The van der Waals surface area contributed by atoms with Gasteiger partial charge in [0, 0.05) is 12.6 Å². The van der Waals surface area contributed by atoms with Crippen LogP contribution < -0.4 is 10.9 Å². The summed E-state index contributed by atoms with van der Waals surface area (Å²) in [6.07, 6.45) is 0.748. The van der Waals surface area contributed by atoms with Crippen molar-refractivity contribution in [2.75, 3.05) is 5.32 Å². The number of anilines is 1. The van der Waals surface area contributed by atoms with Crippen LogP contribution in [0.25, 0.3) is 0 Å². The van der Waals surface area contributed by atoms with Crippen LogP contribution in [0.2, 0.25) is 10.0 Å². The van der Waals surface area contributed by atoms with Gasteiger partial charge in [0.25, 0.3) is 11.5 Å². The Morgan fingerprint density at radius 1 is 1.29 bits per heavy atom. The first kappa shape index (κ1) is 15.5. The fourth-order valence-corrected chi connectivity index (χ4v) is 2.08. The Hall–Kier alpha value is -1.85. The van der Waals surface area contributed by atoms with Crippen molar-refractivity contribution in [3.05, 3.63) is 56.4 Å². The molecule has 0 aliphatic rings. The highest BCUT2D eigenvalue weighted by atomic mass is 35.5. The molecule has 0 atom stereocenters. The number of nitrogens with zero attached hydrogens (tertiary/aromatic N) is 2. The molecule has 21 heavy (non-hydrogen) atoms. The first-order chi connectivity index (χ1) is 10.0. The third-order valence-electron chi connectivity index (χ3n) is 2.73. The molecule has 0 bridgehead atoms. The molecule has 0 saturated carbocycles. The number of benzene rings is 1. The number of rotatable bonds is 4. The molecule has 0 unspecified atom stereocenters. The van der Waals surface area contributed by atoms with Crippen LogP contribution in [-0.4, -0.2) is 15.7 Å². The molecule has 1 aromatic carbocycles. The molecule has 0 spiro atoms. The minimum atomic E-state index is -0.455. The van der Waals surface area contributed by atoms with Crippen molar-refractivity contribution in [1.29, 1.82) is 0 Å². The molecule has 0 radical (unpaired) electrons. The maximum atomic E-state index is 12.2. The summed E-state index contributed by atoms with van der Waals surface area (Å²) in [5.41, 5.74) is 0.289. The molecular weight excluding hydrogens is 313 g/mol. The first-order valence-corrected chi connectivity index (χ1v) is 7.12. The van der Waals surface area contributed by atoms with Gasteiger partial charge >= 0.3 is 0 Å². The lowest BCUT2D eigenvalue weighted by Crippen LogP contribution is -2.26. The quantitative estimate of drug-likeness (QED) is 0.938. The molecule has 0 saturated heterocycles. The van der Waals surface area contributed by atoms with E-state index in [1.165, 1.54) is 16.8 Å². The van der Waals surface area contributed by atoms with E-state index in [4.69, 9.17) is 23.2 Å². The number of aryl methyl sites for hydroxylation is 1. The number of carbonyl (C=O) groups is 1. The van der Waals surface area contributed by atoms with Crippen LogP contribution in [0.4, 0.5) is 5.69 Å². The highest BCUT2D eigenvalue weighted by Gasteiger charge is 2.12. The molecular formula is C14H13Cl2N3O2. The summed E-state index contributed by atoms with van der Waals surface area (Å²) >= 11 is 11.9. The van der Waals surface area contributed by atoms with E-state index in [9.17, 15) is 9.59 Å². The van der Waals surface area contributed by atoms with Crippen molar-refractivity contribution < 1.29 is 4.79 Å². The summed E-state index contributed by atoms with van der Waals surface area (Å²) in [6.45, 7) is 2.38. The standard InChI is InChI=1S/C14H13Cl2N3O2/c1-2-8-19-12(20)7-6-11(18-19)14(21)17-10-5-3-4-9(15)13(10)16/h3-7H,2,8H2,1H3,(H,17,21). The Bertz CT molecular complexity index is 728. The van der Waals surface area contributed by atoms with Crippen molar-refractivity contribution in [3.63, 3.8) is 0 Å². The fraction of sp³-hybridized carbons (Fsp3) is 0.214. The Morgan fingerprint density at radius 3 is 2.76 bits per heavy atom. The average molecular weight is 326 g/mol. The number of halogens is 2. The summed E-state index contributed by atoms with van der Waals surface area (Å²) in [5.74, 6) is -0.455. The van der Waals surface area contributed by atoms with E-state index in [-0.39, 0.29) is 16.3 Å². The van der Waals surface area contributed by atoms with Gasteiger partial charge in [0.2, 0.25) is 0 Å². The zero-order valence-electron chi connectivity index (χ0n) is 11.3. The monoisotopic (exact) mass is 325 g/mol. The molecule has 110 valence electrons. The van der Waals surface area contributed by atoms with Crippen molar-refractivity contribution in [2.45, 2.75) is 19.9 Å². The van der Waals surface area contributed by atoms with Crippen molar-refractivity contribution >= 4 is 34.8 Å². The molecule has 1 amide bonds. The van der Waals surface area contributed by atoms with Crippen LogP contribution in [0.15, 0.2) is 35.1 Å². The molecule has 0 aliphatic carbocycles. The number of carbonyl (C=O) groups excluding carboxylic acids is 1. The number of aromatic nitrogens is 2. The van der Waals surface area contributed by atoms with Gasteiger partial charge in [0.1, 0.15) is 5.69 Å². The second kappa shape index (κ2) is 6.74. The summed E-state index contributed by atoms with van der Waals surface area (Å²) in [6, 6.07) is 7.63. The molecule has 1 aromatic heterocycles. The smallest absolute Gasteiger partial charge is 0.276 e. The van der Waals surface area contributed by atoms with Crippen LogP contribution in [0.5, 0.6) is 0 Å². The van der Waals surface area contributed by atoms with E-state index in [2.05, 4.69) is 10.4 Å². The lowest BCUT2D eigenvalue weighted by atomic mass is 10.3. The average Bonchev–Trinajstić information content (AvgIpc) is 2.46. The first-order valence-electron chi connectivity index (χ1n) is 6.36. The zero-order chi connectivity index (χ0) is 15.4. The van der Waals surface area contributed by atoms with Gasteiger partial charge in [-0.1, -0.05) is 36.2 Å². The van der Waals surface area contributed by atoms with Gasteiger partial charge in [-0.05, 0) is 24.6 Å². The lowest BCUT2D eigenvalue weighted by molar-refractivity contribution is 0.102. The highest BCUT2D eigenvalue weighted by Crippen LogP contribution is 2.29. The Morgan fingerprint density at radius 2 is 2.05 bits per heavy atom. The van der Waals surface area contributed by atoms with Crippen LogP contribution in [-0.2, 0) is 6.54 Å². The van der Waals surface area contributed by atoms with Crippen LogP contribution in [0.1, 0.15) is 23.8 Å². The Kier molecular flexibility index (Phi) is 4.98. The second-order valence-electron chi connectivity index (χ2n) is 4.34. The summed E-state index contributed by atoms with van der Waals surface area (Å²) in [7, 11) is 0. The lowest BCUT2D eigenvalue weighted by Gasteiger charge is -2.09. The number of nitrogens with one attached hydrogen (secondary N) is 1. The van der Waals surface area contributed by atoms with Crippen LogP contribution in [0.3, 0.4) is 0 Å². The Labute approximate surface area is 131 Å². The SMILES string of the molecule is CCCn1nc(C(=O)Nc2cccc(Cl)c2Cl)ccc1=O. The number of hydrogen-bond acceptors (Lipinski definition) is 3. The largest absolute Gasteiger partial charge is 0.319 e. The van der Waals surface area contributed by atoms with Crippen molar-refractivity contribution in [1.82, 2.24) is 9.78 Å². The molecule has 2 aromatic rings. The fourth-order valence-electron chi connectivity index (χ4n) is 1.73. The maximum Gasteiger partial charge on any atom is 0.276 e. The summed E-state index contributed by atoms with van der Waals surface area (Å²) in [4.78, 5) is 23.7. The molecule has 1 heterocycles. The second-order valence-corrected chi connectivity index (χ2v) is 5.12. The van der Waals surface area contributed by atoms with Crippen LogP contribution in [0, 0.1) is 0 Å². The third-order valence-corrected chi connectivity index (χ3v) is 3.55. The molecule has 1 N–H and O–H groups in total. The molecule has 7 heteroatoms. The highest BCUT2D eigenvalue weighted by molar-refractivity contribution is 6.44. The molecule has 2 rings (SSSR count). The minimum absolute atomic E-state index is 0.138. The van der Waals surface area contributed by atoms with Gasteiger partial charge in [0.05, 0.1) is 15.7 Å². The zero-order valence-corrected chi connectivity index (χ0v) is 12.8. The normalized spacial score (nSPS) is 10.4. The summed E-state index contributed by atoms with van der Waals surface area (Å²) < 4.78 is 1.26. The van der Waals surface area contributed by atoms with Gasteiger partial charge < -0.3 is 5.32 Å². The number of hydrogen-bond donors (Lipinski definition) is 1. The van der Waals surface area contributed by atoms with E-state index in [0.717, 1.165) is 6.42 Å². The molecule has 5 nitrogen and oxygen atoms in total. The molecule has 0 aliphatic heterocycles. The third kappa shape index (κ3) is 3.62. The van der Waals surface area contributed by atoms with E-state index in [0.29, 0.717) is 17.3 Å². The van der Waals surface area contributed by atoms with Crippen molar-refractivity contribution in [3.8, 4) is 0 Å². The summed E-state index contributed by atoms with van der Waals surface area (Å²) in [5, 5.41) is 7.25. The van der Waals surface area contributed by atoms with E-state index in [1.807, 2.05) is 6.92 Å². The molecule has 0 fully saturated rings. The predicted octanol–water partition coefficient (Wildman–Crippen LogP) is 3.21. The topological polar surface area (TPSA) is 64.0 Å². The minimum Gasteiger partial charge on any atom is -0.319 e. The van der Waals surface area contributed by atoms with Gasteiger partial charge in [-0.25, -0.2) is 4.68 Å². The van der Waals surface area contributed by atoms with Gasteiger partial charge in [0.15, 0.2) is 0 Å². The van der Waals surface area contributed by atoms with Gasteiger partial charge in [-0.2, -0.15) is 5.10 Å². The van der Waals surface area contributed by atoms with Gasteiger partial charge in [-0.15, -0.1) is 0 Å². The van der Waals surface area contributed by atoms with E-state index in [1.54, 1.807) is 18.2 Å².